The maximum atomic E-state index is 10.5. The van der Waals surface area contributed by atoms with Gasteiger partial charge in [0, 0.05) is 38.4 Å². The third kappa shape index (κ3) is 3.29. The predicted molar refractivity (Wildman–Crippen MR) is 78.2 cm³/mol. The van der Waals surface area contributed by atoms with Gasteiger partial charge in [0.1, 0.15) is 0 Å². The Balaban J connectivity index is 2.04. The van der Waals surface area contributed by atoms with Gasteiger partial charge in [-0.1, -0.05) is 12.1 Å². The Bertz CT molecular complexity index is 417. The fourth-order valence-corrected chi connectivity index (χ4v) is 2.55. The molecule has 0 saturated carbocycles. The largest absolute Gasteiger partial charge is 0.328 e. The van der Waals surface area contributed by atoms with Crippen LogP contribution in [-0.4, -0.2) is 49.4 Å². The van der Waals surface area contributed by atoms with Crippen molar-refractivity contribution in [2.24, 2.45) is 0 Å². The van der Waals surface area contributed by atoms with Crippen molar-refractivity contribution in [3.8, 4) is 0 Å². The van der Waals surface area contributed by atoms with E-state index in [1.807, 2.05) is 12.1 Å². The molecule has 0 radical (unpaired) electrons. The van der Waals surface area contributed by atoms with Crippen LogP contribution in [0.5, 0.6) is 0 Å². The van der Waals surface area contributed by atoms with Crippen LogP contribution in [0.2, 0.25) is 0 Å². The molecule has 1 aromatic carbocycles. The number of rotatable bonds is 4. The molecule has 0 aromatic heterocycles. The highest BCUT2D eigenvalue weighted by atomic mass is 31.0. The molecule has 1 fully saturated rings. The summed E-state index contributed by atoms with van der Waals surface area (Å²) >= 11 is 0. The topological polar surface area (TPSA) is 35.6 Å². The van der Waals surface area contributed by atoms with Crippen molar-refractivity contribution in [2.75, 3.05) is 38.5 Å². The summed E-state index contributed by atoms with van der Waals surface area (Å²) in [5.74, 6) is 0. The van der Waals surface area contributed by atoms with Crippen LogP contribution in [-0.2, 0) is 11.3 Å². The zero-order valence-corrected chi connectivity index (χ0v) is 11.9. The van der Waals surface area contributed by atoms with Crippen LogP contribution in [0.25, 0.3) is 0 Å². The van der Waals surface area contributed by atoms with Gasteiger partial charge in [0.15, 0.2) is 0 Å². The molecular weight excluding hydrogens is 245 g/mol. The third-order valence-electron chi connectivity index (χ3n) is 3.40. The van der Waals surface area contributed by atoms with Crippen molar-refractivity contribution in [1.82, 2.24) is 9.80 Å². The minimum absolute atomic E-state index is 0.725. The lowest BCUT2D eigenvalue weighted by Crippen LogP contribution is -2.44. The standard InChI is InChI=1S/C13H20N3OP/c1-15-5-7-16(8-6-15)9-11-3-2-4-12(13(11)18)14-10-17/h2-4,10H,5-9,18H2,1H3,(H,14,17). The second-order valence-electron chi connectivity index (χ2n) is 4.72. The molecule has 1 amide bonds. The van der Waals surface area contributed by atoms with E-state index in [2.05, 4.69) is 37.5 Å². The third-order valence-corrected chi connectivity index (χ3v) is 4.08. The fraction of sp³-hybridized carbons (Fsp3) is 0.462. The summed E-state index contributed by atoms with van der Waals surface area (Å²) in [7, 11) is 4.89. The van der Waals surface area contributed by atoms with Gasteiger partial charge >= 0.3 is 0 Å². The summed E-state index contributed by atoms with van der Waals surface area (Å²) in [5, 5.41) is 3.82. The molecule has 1 N–H and O–H groups in total. The van der Waals surface area contributed by atoms with Crippen LogP contribution in [0.15, 0.2) is 18.2 Å². The van der Waals surface area contributed by atoms with E-state index in [4.69, 9.17) is 0 Å². The molecule has 5 heteroatoms. The molecule has 1 aliphatic rings. The molecule has 1 atom stereocenters. The lowest BCUT2D eigenvalue weighted by atomic mass is 10.1. The van der Waals surface area contributed by atoms with Crippen LogP contribution in [0.1, 0.15) is 5.56 Å². The number of piperazine rings is 1. The molecule has 1 saturated heterocycles. The Hall–Kier alpha value is -0.960. The van der Waals surface area contributed by atoms with Gasteiger partial charge in [-0.3, -0.25) is 9.69 Å². The van der Waals surface area contributed by atoms with Crippen LogP contribution < -0.4 is 10.6 Å². The summed E-state index contributed by atoms with van der Waals surface area (Å²) in [5.41, 5.74) is 2.14. The van der Waals surface area contributed by atoms with Gasteiger partial charge in [-0.25, -0.2) is 0 Å². The molecule has 1 aromatic rings. The summed E-state index contributed by atoms with van der Waals surface area (Å²) in [4.78, 5) is 15.3. The molecular formula is C13H20N3OP. The highest BCUT2D eigenvalue weighted by Gasteiger charge is 2.15. The first-order chi connectivity index (χ1) is 8.70. The van der Waals surface area contributed by atoms with E-state index in [9.17, 15) is 4.79 Å². The van der Waals surface area contributed by atoms with Gasteiger partial charge in [0.2, 0.25) is 6.41 Å². The number of amides is 1. The number of hydrogen-bond acceptors (Lipinski definition) is 3. The second-order valence-corrected chi connectivity index (χ2v) is 5.30. The average molecular weight is 265 g/mol. The molecule has 4 nitrogen and oxygen atoms in total. The molecule has 0 bridgehead atoms. The minimum atomic E-state index is 0.725. The molecule has 1 heterocycles. The molecule has 1 aliphatic heterocycles. The summed E-state index contributed by atoms with van der Waals surface area (Å²) in [6, 6.07) is 6.03. The van der Waals surface area contributed by atoms with Crippen molar-refractivity contribution in [2.45, 2.75) is 6.54 Å². The normalized spacial score (nSPS) is 17.7. The van der Waals surface area contributed by atoms with Crippen molar-refractivity contribution in [3.63, 3.8) is 0 Å². The number of hydrogen-bond donors (Lipinski definition) is 1. The molecule has 0 aliphatic carbocycles. The number of carbonyl (C=O) groups excluding carboxylic acids is 1. The Morgan fingerprint density at radius 3 is 2.72 bits per heavy atom. The average Bonchev–Trinajstić information content (AvgIpc) is 2.37. The molecule has 0 spiro atoms. The number of carbonyl (C=O) groups is 1. The lowest BCUT2D eigenvalue weighted by molar-refractivity contribution is -0.105. The fourth-order valence-electron chi connectivity index (χ4n) is 2.19. The Kier molecular flexibility index (Phi) is 4.70. The van der Waals surface area contributed by atoms with Crippen molar-refractivity contribution in [3.05, 3.63) is 23.8 Å². The van der Waals surface area contributed by atoms with Crippen molar-refractivity contribution in [1.29, 1.82) is 0 Å². The Morgan fingerprint density at radius 2 is 2.06 bits per heavy atom. The first kappa shape index (κ1) is 13.5. The SMILES string of the molecule is CN1CCN(Cc2cccc(NC=O)c2P)CC1. The van der Waals surface area contributed by atoms with E-state index in [0.717, 1.165) is 50.1 Å². The smallest absolute Gasteiger partial charge is 0.211 e. The number of benzene rings is 1. The maximum Gasteiger partial charge on any atom is 0.211 e. The summed E-state index contributed by atoms with van der Waals surface area (Å²) in [6.45, 7) is 5.40. The predicted octanol–water partition coefficient (Wildman–Crippen LogP) is 0.503. The number of nitrogens with zero attached hydrogens (tertiary/aromatic N) is 2. The van der Waals surface area contributed by atoms with Gasteiger partial charge < -0.3 is 10.2 Å². The highest BCUT2D eigenvalue weighted by Crippen LogP contribution is 2.14. The van der Waals surface area contributed by atoms with Gasteiger partial charge in [0.05, 0.1) is 0 Å². The van der Waals surface area contributed by atoms with Crippen LogP contribution in [0.4, 0.5) is 5.69 Å². The lowest BCUT2D eigenvalue weighted by Gasteiger charge is -2.32. The number of anilines is 1. The summed E-state index contributed by atoms with van der Waals surface area (Å²) in [6.07, 6.45) is 0.725. The van der Waals surface area contributed by atoms with Crippen molar-refractivity contribution < 1.29 is 4.79 Å². The van der Waals surface area contributed by atoms with E-state index in [-0.39, 0.29) is 0 Å². The van der Waals surface area contributed by atoms with E-state index < -0.39 is 0 Å². The van der Waals surface area contributed by atoms with E-state index in [0.29, 0.717) is 0 Å². The van der Waals surface area contributed by atoms with Gasteiger partial charge in [-0.2, -0.15) is 0 Å². The second kappa shape index (κ2) is 6.28. The summed E-state index contributed by atoms with van der Waals surface area (Å²) < 4.78 is 0. The van der Waals surface area contributed by atoms with Gasteiger partial charge in [-0.15, -0.1) is 9.24 Å². The monoisotopic (exact) mass is 265 g/mol. The molecule has 2 rings (SSSR count). The van der Waals surface area contributed by atoms with Gasteiger partial charge in [0.25, 0.3) is 0 Å². The van der Waals surface area contributed by atoms with Crippen LogP contribution >= 0.6 is 9.24 Å². The van der Waals surface area contributed by atoms with E-state index >= 15 is 0 Å². The van der Waals surface area contributed by atoms with Gasteiger partial charge in [-0.05, 0) is 24.0 Å². The first-order valence-electron chi connectivity index (χ1n) is 6.19. The highest BCUT2D eigenvalue weighted by molar-refractivity contribution is 7.28. The maximum absolute atomic E-state index is 10.5. The zero-order valence-electron chi connectivity index (χ0n) is 10.7. The van der Waals surface area contributed by atoms with Crippen molar-refractivity contribution >= 4 is 26.6 Å². The molecule has 98 valence electrons. The number of likely N-dealkylation sites (N-methyl/N-ethyl adjacent to an activating group) is 1. The van der Waals surface area contributed by atoms with E-state index in [1.54, 1.807) is 0 Å². The minimum Gasteiger partial charge on any atom is -0.328 e. The quantitative estimate of drug-likeness (QED) is 0.636. The van der Waals surface area contributed by atoms with Crippen LogP contribution in [0.3, 0.4) is 0 Å². The molecule has 1 unspecified atom stereocenters. The van der Waals surface area contributed by atoms with Crippen LogP contribution in [0, 0.1) is 0 Å². The van der Waals surface area contributed by atoms with E-state index in [1.165, 1.54) is 5.56 Å². The zero-order chi connectivity index (χ0) is 13.0. The Labute approximate surface area is 111 Å². The Morgan fingerprint density at radius 1 is 1.33 bits per heavy atom. The first-order valence-corrected chi connectivity index (χ1v) is 6.77. The number of nitrogens with one attached hydrogen (secondary N) is 1. The molecule has 18 heavy (non-hydrogen) atoms.